The fraction of sp³-hybridized carbons (Fsp3) is 0.462. The lowest BCUT2D eigenvalue weighted by atomic mass is 10.1. The van der Waals surface area contributed by atoms with Gasteiger partial charge < -0.3 is 10.2 Å². The van der Waals surface area contributed by atoms with E-state index in [1.807, 2.05) is 26.1 Å². The van der Waals surface area contributed by atoms with E-state index < -0.39 is 0 Å². The summed E-state index contributed by atoms with van der Waals surface area (Å²) in [6.07, 6.45) is 0. The minimum absolute atomic E-state index is 0.135. The van der Waals surface area contributed by atoms with Crippen LogP contribution in [-0.4, -0.2) is 30.9 Å². The number of nitrogens with one attached hydrogen (secondary N) is 1. The Balaban J connectivity index is 2.36. The Hall–Kier alpha value is -1.35. The molecular weight excluding hydrogens is 200 g/mol. The Morgan fingerprint density at radius 3 is 2.69 bits per heavy atom. The Labute approximate surface area is 97.5 Å². The van der Waals surface area contributed by atoms with E-state index in [1.165, 1.54) is 11.1 Å². The van der Waals surface area contributed by atoms with Crippen molar-refractivity contribution in [3.63, 3.8) is 0 Å². The number of rotatable bonds is 5. The molecule has 1 N–H and O–H groups in total. The maximum absolute atomic E-state index is 11.5. The number of aryl methyl sites for hydroxylation is 1. The van der Waals surface area contributed by atoms with Crippen LogP contribution in [0.5, 0.6) is 0 Å². The van der Waals surface area contributed by atoms with E-state index in [1.54, 1.807) is 4.90 Å². The smallest absolute Gasteiger partial charge is 0.236 e. The molecule has 3 heteroatoms. The molecule has 0 saturated heterocycles. The van der Waals surface area contributed by atoms with Crippen molar-refractivity contribution in [1.82, 2.24) is 10.2 Å². The van der Waals surface area contributed by atoms with Crippen LogP contribution in [0.2, 0.25) is 0 Å². The molecule has 0 aliphatic heterocycles. The van der Waals surface area contributed by atoms with Gasteiger partial charge in [-0.3, -0.25) is 4.79 Å². The Morgan fingerprint density at radius 1 is 1.38 bits per heavy atom. The minimum Gasteiger partial charge on any atom is -0.345 e. The van der Waals surface area contributed by atoms with Crippen LogP contribution in [-0.2, 0) is 11.3 Å². The predicted molar refractivity (Wildman–Crippen MR) is 66.2 cm³/mol. The molecule has 0 aliphatic carbocycles. The third-order valence-electron chi connectivity index (χ3n) is 2.75. The van der Waals surface area contributed by atoms with Crippen molar-refractivity contribution in [2.24, 2.45) is 0 Å². The Morgan fingerprint density at radius 2 is 2.06 bits per heavy atom. The highest BCUT2D eigenvalue weighted by Crippen LogP contribution is 2.05. The van der Waals surface area contributed by atoms with Gasteiger partial charge in [0.15, 0.2) is 0 Å². The lowest BCUT2D eigenvalue weighted by Gasteiger charge is -2.15. The quantitative estimate of drug-likeness (QED) is 0.817. The summed E-state index contributed by atoms with van der Waals surface area (Å²) in [7, 11) is 1.82. The average Bonchev–Trinajstić information content (AvgIpc) is 2.30. The third kappa shape index (κ3) is 3.66. The zero-order valence-electron chi connectivity index (χ0n) is 10.3. The summed E-state index contributed by atoms with van der Waals surface area (Å²) in [6.45, 7) is 5.95. The number of nitrogens with zero attached hydrogens (tertiary/aromatic N) is 1. The molecule has 0 aliphatic rings. The van der Waals surface area contributed by atoms with Gasteiger partial charge >= 0.3 is 0 Å². The number of hydrogen-bond acceptors (Lipinski definition) is 2. The normalized spacial score (nSPS) is 10.2. The van der Waals surface area contributed by atoms with E-state index in [0.717, 1.165) is 13.1 Å². The maximum Gasteiger partial charge on any atom is 0.236 e. The summed E-state index contributed by atoms with van der Waals surface area (Å²) in [5.74, 6) is 0.135. The molecule has 0 atom stereocenters. The van der Waals surface area contributed by atoms with Crippen molar-refractivity contribution in [1.29, 1.82) is 0 Å². The Bertz CT molecular complexity index is 350. The second kappa shape index (κ2) is 6.28. The van der Waals surface area contributed by atoms with Gasteiger partial charge in [-0.15, -0.1) is 0 Å². The molecule has 0 radical (unpaired) electrons. The van der Waals surface area contributed by atoms with E-state index in [2.05, 4.69) is 24.4 Å². The fourth-order valence-corrected chi connectivity index (χ4v) is 1.42. The van der Waals surface area contributed by atoms with Crippen LogP contribution in [0.1, 0.15) is 18.1 Å². The number of carbonyl (C=O) groups excluding carboxylic acids is 1. The summed E-state index contributed by atoms with van der Waals surface area (Å²) < 4.78 is 0. The second-order valence-electron chi connectivity index (χ2n) is 3.94. The first kappa shape index (κ1) is 12.7. The van der Waals surface area contributed by atoms with Crippen LogP contribution in [0.3, 0.4) is 0 Å². The molecule has 0 saturated carbocycles. The Kier molecular flexibility index (Phi) is 4.99. The first-order chi connectivity index (χ1) is 7.65. The first-order valence-corrected chi connectivity index (χ1v) is 5.64. The topological polar surface area (TPSA) is 32.3 Å². The number of benzene rings is 1. The molecule has 3 nitrogen and oxygen atoms in total. The van der Waals surface area contributed by atoms with Crippen LogP contribution < -0.4 is 5.32 Å². The van der Waals surface area contributed by atoms with E-state index >= 15 is 0 Å². The van der Waals surface area contributed by atoms with Crippen LogP contribution in [0.25, 0.3) is 0 Å². The zero-order valence-corrected chi connectivity index (χ0v) is 10.3. The van der Waals surface area contributed by atoms with E-state index in [4.69, 9.17) is 0 Å². The lowest BCUT2D eigenvalue weighted by Crippen LogP contribution is -2.35. The highest BCUT2D eigenvalue weighted by molar-refractivity contribution is 5.77. The zero-order chi connectivity index (χ0) is 12.0. The summed E-state index contributed by atoms with van der Waals surface area (Å²) in [6, 6.07) is 8.20. The largest absolute Gasteiger partial charge is 0.345 e. The van der Waals surface area contributed by atoms with E-state index in [0.29, 0.717) is 6.54 Å². The van der Waals surface area contributed by atoms with Crippen LogP contribution in [0.4, 0.5) is 0 Å². The number of likely N-dealkylation sites (N-methyl/N-ethyl adjacent to an activating group) is 1. The van der Waals surface area contributed by atoms with Crippen molar-refractivity contribution >= 4 is 5.91 Å². The molecule has 0 fully saturated rings. The van der Waals surface area contributed by atoms with Gasteiger partial charge in [-0.25, -0.2) is 0 Å². The van der Waals surface area contributed by atoms with Crippen molar-refractivity contribution in [3.8, 4) is 0 Å². The van der Waals surface area contributed by atoms with Gasteiger partial charge in [0.05, 0.1) is 6.54 Å². The molecule has 0 bridgehead atoms. The SMILES string of the molecule is CCN(C)C(=O)CNCc1ccccc1C. The van der Waals surface area contributed by atoms with Gasteiger partial charge in [-0.2, -0.15) is 0 Å². The molecule has 16 heavy (non-hydrogen) atoms. The molecular formula is C13H20N2O. The van der Waals surface area contributed by atoms with E-state index in [9.17, 15) is 4.79 Å². The third-order valence-corrected chi connectivity index (χ3v) is 2.75. The molecule has 1 aromatic rings. The van der Waals surface area contributed by atoms with Crippen molar-refractivity contribution in [2.45, 2.75) is 20.4 Å². The second-order valence-corrected chi connectivity index (χ2v) is 3.94. The maximum atomic E-state index is 11.5. The molecule has 0 spiro atoms. The molecule has 88 valence electrons. The minimum atomic E-state index is 0.135. The predicted octanol–water partition coefficient (Wildman–Crippen LogP) is 1.56. The summed E-state index contributed by atoms with van der Waals surface area (Å²) >= 11 is 0. The molecule has 0 unspecified atom stereocenters. The van der Waals surface area contributed by atoms with Gasteiger partial charge in [-0.05, 0) is 25.0 Å². The van der Waals surface area contributed by atoms with E-state index in [-0.39, 0.29) is 5.91 Å². The van der Waals surface area contributed by atoms with Gasteiger partial charge in [0, 0.05) is 20.1 Å². The van der Waals surface area contributed by atoms with Crippen molar-refractivity contribution in [3.05, 3.63) is 35.4 Å². The fourth-order valence-electron chi connectivity index (χ4n) is 1.42. The van der Waals surface area contributed by atoms with Crippen LogP contribution >= 0.6 is 0 Å². The van der Waals surface area contributed by atoms with Crippen molar-refractivity contribution < 1.29 is 4.79 Å². The van der Waals surface area contributed by atoms with Crippen LogP contribution in [0.15, 0.2) is 24.3 Å². The standard InChI is InChI=1S/C13H20N2O/c1-4-15(3)13(16)10-14-9-12-8-6-5-7-11(12)2/h5-8,14H,4,9-10H2,1-3H3. The van der Waals surface area contributed by atoms with Gasteiger partial charge in [0.1, 0.15) is 0 Å². The molecule has 1 aromatic carbocycles. The molecule has 1 rings (SSSR count). The summed E-state index contributed by atoms with van der Waals surface area (Å²) in [5, 5.41) is 3.17. The first-order valence-electron chi connectivity index (χ1n) is 5.64. The number of carbonyl (C=O) groups is 1. The highest BCUT2D eigenvalue weighted by Gasteiger charge is 2.05. The molecule has 0 aromatic heterocycles. The van der Waals surface area contributed by atoms with Crippen molar-refractivity contribution in [2.75, 3.05) is 20.1 Å². The van der Waals surface area contributed by atoms with Gasteiger partial charge in [-0.1, -0.05) is 24.3 Å². The molecule has 0 heterocycles. The number of hydrogen-bond donors (Lipinski definition) is 1. The van der Waals surface area contributed by atoms with Gasteiger partial charge in [0.25, 0.3) is 0 Å². The number of amides is 1. The summed E-state index contributed by atoms with van der Waals surface area (Å²) in [4.78, 5) is 13.2. The molecule has 1 amide bonds. The van der Waals surface area contributed by atoms with Crippen LogP contribution in [0, 0.1) is 6.92 Å². The summed E-state index contributed by atoms with van der Waals surface area (Å²) in [5.41, 5.74) is 2.50. The average molecular weight is 220 g/mol. The highest BCUT2D eigenvalue weighted by atomic mass is 16.2. The monoisotopic (exact) mass is 220 g/mol. The lowest BCUT2D eigenvalue weighted by molar-refractivity contribution is -0.128. The van der Waals surface area contributed by atoms with Gasteiger partial charge in [0.2, 0.25) is 5.91 Å².